The molecule has 0 saturated heterocycles. The third kappa shape index (κ3) is 2.86. The zero-order valence-corrected chi connectivity index (χ0v) is 11.7. The first kappa shape index (κ1) is 12.8. The molecule has 0 bridgehead atoms. The van der Waals surface area contributed by atoms with Gasteiger partial charge in [-0.3, -0.25) is 0 Å². The van der Waals surface area contributed by atoms with E-state index in [0.29, 0.717) is 6.04 Å². The Labute approximate surface area is 115 Å². The molecule has 0 radical (unpaired) electrons. The van der Waals surface area contributed by atoms with Crippen LogP contribution in [0.15, 0.2) is 18.2 Å². The second-order valence-electron chi connectivity index (χ2n) is 5.69. The predicted octanol–water partition coefficient (Wildman–Crippen LogP) is 3.13. The Kier molecular flexibility index (Phi) is 3.92. The summed E-state index contributed by atoms with van der Waals surface area (Å²) in [5.41, 5.74) is 1.22. The van der Waals surface area contributed by atoms with E-state index < -0.39 is 0 Å². The topological polar surface area (TPSA) is 30.5 Å². The minimum atomic E-state index is 0.655. The van der Waals surface area contributed by atoms with Gasteiger partial charge in [0.05, 0.1) is 13.2 Å². The summed E-state index contributed by atoms with van der Waals surface area (Å²) in [6, 6.07) is 6.85. The van der Waals surface area contributed by atoms with Gasteiger partial charge < -0.3 is 14.8 Å². The molecule has 1 saturated carbocycles. The molecule has 3 heteroatoms. The summed E-state index contributed by atoms with van der Waals surface area (Å²) >= 11 is 0. The summed E-state index contributed by atoms with van der Waals surface area (Å²) in [6.45, 7) is 4.73. The van der Waals surface area contributed by atoms with Gasteiger partial charge >= 0.3 is 0 Å². The quantitative estimate of drug-likeness (QED) is 0.906. The Balaban J connectivity index is 1.70. The van der Waals surface area contributed by atoms with Crippen LogP contribution in [-0.2, 0) is 6.54 Å². The highest BCUT2D eigenvalue weighted by Crippen LogP contribution is 2.33. The highest BCUT2D eigenvalue weighted by Gasteiger charge is 2.23. The molecule has 1 aliphatic carbocycles. The number of para-hydroxylation sites is 1. The first-order chi connectivity index (χ1) is 9.34. The molecule has 0 amide bonds. The number of hydrogen-bond acceptors (Lipinski definition) is 3. The molecule has 3 nitrogen and oxygen atoms in total. The molecule has 0 aromatic heterocycles. The van der Waals surface area contributed by atoms with Gasteiger partial charge in [0, 0.05) is 24.6 Å². The van der Waals surface area contributed by atoms with Crippen molar-refractivity contribution in [1.29, 1.82) is 0 Å². The Morgan fingerprint density at radius 1 is 1.16 bits per heavy atom. The minimum Gasteiger partial charge on any atom is -0.490 e. The number of rotatable bonds is 3. The van der Waals surface area contributed by atoms with E-state index in [1.165, 1.54) is 24.8 Å². The zero-order valence-electron chi connectivity index (χ0n) is 11.7. The Morgan fingerprint density at radius 2 is 2.05 bits per heavy atom. The molecule has 1 heterocycles. The van der Waals surface area contributed by atoms with Crippen molar-refractivity contribution in [3.63, 3.8) is 0 Å². The number of ether oxygens (including phenoxy) is 2. The second-order valence-corrected chi connectivity index (χ2v) is 5.69. The smallest absolute Gasteiger partial charge is 0.165 e. The van der Waals surface area contributed by atoms with Crippen LogP contribution in [-0.4, -0.2) is 19.3 Å². The maximum Gasteiger partial charge on any atom is 0.165 e. The summed E-state index contributed by atoms with van der Waals surface area (Å²) < 4.78 is 11.6. The average molecular weight is 261 g/mol. The predicted molar refractivity (Wildman–Crippen MR) is 75.7 cm³/mol. The lowest BCUT2D eigenvalue weighted by molar-refractivity contribution is 0.295. The molecule has 2 aliphatic rings. The van der Waals surface area contributed by atoms with E-state index in [2.05, 4.69) is 24.4 Å². The maximum atomic E-state index is 5.86. The van der Waals surface area contributed by atoms with Gasteiger partial charge in [-0.1, -0.05) is 25.5 Å². The van der Waals surface area contributed by atoms with E-state index in [1.54, 1.807) is 0 Å². The van der Waals surface area contributed by atoms with Crippen molar-refractivity contribution in [2.45, 2.75) is 45.2 Å². The molecule has 1 aromatic rings. The molecule has 1 N–H and O–H groups in total. The average Bonchev–Trinajstić information content (AvgIpc) is 2.69. The summed E-state index contributed by atoms with van der Waals surface area (Å²) in [7, 11) is 0. The van der Waals surface area contributed by atoms with Crippen molar-refractivity contribution in [3.8, 4) is 11.5 Å². The highest BCUT2D eigenvalue weighted by molar-refractivity contribution is 5.47. The van der Waals surface area contributed by atoms with Crippen molar-refractivity contribution >= 4 is 0 Å². The van der Waals surface area contributed by atoms with Gasteiger partial charge in [-0.05, 0) is 24.8 Å². The molecule has 3 rings (SSSR count). The minimum absolute atomic E-state index is 0.655. The van der Waals surface area contributed by atoms with Gasteiger partial charge in [-0.2, -0.15) is 0 Å². The summed E-state index contributed by atoms with van der Waals surface area (Å²) in [6.07, 6.45) is 4.96. The van der Waals surface area contributed by atoms with Gasteiger partial charge in [-0.25, -0.2) is 0 Å². The van der Waals surface area contributed by atoms with E-state index in [1.807, 2.05) is 6.07 Å². The number of fused-ring (bicyclic) bond motifs is 1. The molecule has 1 fully saturated rings. The van der Waals surface area contributed by atoms with E-state index in [4.69, 9.17) is 9.47 Å². The molecule has 1 aliphatic heterocycles. The first-order valence-electron chi connectivity index (χ1n) is 7.45. The van der Waals surface area contributed by atoms with E-state index in [0.717, 1.165) is 43.6 Å². The van der Waals surface area contributed by atoms with Crippen molar-refractivity contribution in [2.75, 3.05) is 13.2 Å². The largest absolute Gasteiger partial charge is 0.490 e. The lowest BCUT2D eigenvalue weighted by Gasteiger charge is -2.19. The fraction of sp³-hybridized carbons (Fsp3) is 0.625. The van der Waals surface area contributed by atoms with Crippen LogP contribution in [0.1, 0.15) is 38.2 Å². The zero-order chi connectivity index (χ0) is 13.1. The lowest BCUT2D eigenvalue weighted by atomic mass is 10.1. The molecule has 0 spiro atoms. The first-order valence-corrected chi connectivity index (χ1v) is 7.45. The number of benzene rings is 1. The number of hydrogen-bond donors (Lipinski definition) is 1. The fourth-order valence-electron chi connectivity index (χ4n) is 3.08. The molecular formula is C16H23NO2. The molecule has 1 aromatic carbocycles. The molecule has 19 heavy (non-hydrogen) atoms. The van der Waals surface area contributed by atoms with Crippen LogP contribution in [0.3, 0.4) is 0 Å². The van der Waals surface area contributed by atoms with Gasteiger partial charge in [0.25, 0.3) is 0 Å². The van der Waals surface area contributed by atoms with Crippen molar-refractivity contribution < 1.29 is 9.47 Å². The van der Waals surface area contributed by atoms with Gasteiger partial charge in [0.1, 0.15) is 0 Å². The molecule has 104 valence electrons. The highest BCUT2D eigenvalue weighted by atomic mass is 16.5. The second kappa shape index (κ2) is 5.83. The normalized spacial score (nSPS) is 26.2. The molecule has 2 unspecified atom stereocenters. The van der Waals surface area contributed by atoms with Crippen LogP contribution >= 0.6 is 0 Å². The fourth-order valence-corrected chi connectivity index (χ4v) is 3.08. The van der Waals surface area contributed by atoms with Crippen LogP contribution in [0.25, 0.3) is 0 Å². The summed E-state index contributed by atoms with van der Waals surface area (Å²) in [5, 5.41) is 3.68. The van der Waals surface area contributed by atoms with Gasteiger partial charge in [0.2, 0.25) is 0 Å². The van der Waals surface area contributed by atoms with Crippen molar-refractivity contribution in [1.82, 2.24) is 5.32 Å². The van der Waals surface area contributed by atoms with Crippen LogP contribution in [0, 0.1) is 5.92 Å². The van der Waals surface area contributed by atoms with Crippen molar-refractivity contribution in [3.05, 3.63) is 23.8 Å². The molecule has 2 atom stereocenters. The van der Waals surface area contributed by atoms with Crippen molar-refractivity contribution in [2.24, 2.45) is 5.92 Å². The molecular weight excluding hydrogens is 238 g/mol. The Bertz CT molecular complexity index is 433. The van der Waals surface area contributed by atoms with Crippen LogP contribution in [0.5, 0.6) is 11.5 Å². The Hall–Kier alpha value is -1.22. The SMILES string of the molecule is CC1CCCC1NCc1cccc2c1OCCCO2. The number of nitrogens with one attached hydrogen (secondary N) is 1. The van der Waals surface area contributed by atoms with Gasteiger partial charge in [-0.15, -0.1) is 0 Å². The third-order valence-electron chi connectivity index (χ3n) is 4.27. The van der Waals surface area contributed by atoms with Crippen LogP contribution < -0.4 is 14.8 Å². The third-order valence-corrected chi connectivity index (χ3v) is 4.27. The van der Waals surface area contributed by atoms with Gasteiger partial charge in [0.15, 0.2) is 11.5 Å². The van der Waals surface area contributed by atoms with E-state index in [-0.39, 0.29) is 0 Å². The Morgan fingerprint density at radius 3 is 2.89 bits per heavy atom. The maximum absolute atomic E-state index is 5.86. The monoisotopic (exact) mass is 261 g/mol. The van der Waals surface area contributed by atoms with E-state index in [9.17, 15) is 0 Å². The van der Waals surface area contributed by atoms with Crippen LogP contribution in [0.4, 0.5) is 0 Å². The summed E-state index contributed by atoms with van der Waals surface area (Å²) in [4.78, 5) is 0. The van der Waals surface area contributed by atoms with E-state index >= 15 is 0 Å². The summed E-state index contributed by atoms with van der Waals surface area (Å²) in [5.74, 6) is 2.63. The van der Waals surface area contributed by atoms with Crippen LogP contribution in [0.2, 0.25) is 0 Å². The standard InChI is InChI=1S/C16H23NO2/c1-12-5-2-7-14(12)17-11-13-6-3-8-15-16(13)19-10-4-9-18-15/h3,6,8,12,14,17H,2,4-5,7,9-11H2,1H3. The lowest BCUT2D eigenvalue weighted by Crippen LogP contribution is -2.30.